The molecule has 9 heteroatoms. The van der Waals surface area contributed by atoms with Gasteiger partial charge in [-0.1, -0.05) is 0 Å². The minimum atomic E-state index is -2.94. The molecule has 1 rings (SSSR count). The summed E-state index contributed by atoms with van der Waals surface area (Å²) >= 11 is 0. The molecule has 1 amide bonds. The topological polar surface area (TPSA) is 91.3 Å². The average Bonchev–Trinajstić information content (AvgIpc) is 2.50. The van der Waals surface area contributed by atoms with Crippen LogP contribution in [0.4, 0.5) is 4.79 Å². The Kier molecular flexibility index (Phi) is 8.15. The summed E-state index contributed by atoms with van der Waals surface area (Å²) in [4.78, 5) is 19.9. The van der Waals surface area contributed by atoms with Crippen molar-refractivity contribution in [3.05, 3.63) is 0 Å². The van der Waals surface area contributed by atoms with E-state index in [2.05, 4.69) is 15.2 Å². The quantitative estimate of drug-likeness (QED) is 0.418. The Morgan fingerprint density at radius 3 is 2.30 bits per heavy atom. The van der Waals surface area contributed by atoms with E-state index in [1.54, 1.807) is 11.8 Å². The van der Waals surface area contributed by atoms with Crippen molar-refractivity contribution in [3.8, 4) is 0 Å². The van der Waals surface area contributed by atoms with Crippen LogP contribution in [0.1, 0.15) is 20.3 Å². The van der Waals surface area contributed by atoms with Crippen LogP contribution >= 0.6 is 0 Å². The Morgan fingerprint density at radius 2 is 1.78 bits per heavy atom. The summed E-state index contributed by atoms with van der Waals surface area (Å²) in [7, 11) is -2.94. The van der Waals surface area contributed by atoms with Crippen LogP contribution in [0.15, 0.2) is 4.99 Å². The molecule has 134 valence electrons. The monoisotopic (exact) mass is 348 g/mol. The highest BCUT2D eigenvalue weighted by atomic mass is 32.2. The van der Waals surface area contributed by atoms with Crippen LogP contribution < -0.4 is 5.32 Å². The van der Waals surface area contributed by atoms with Crippen LogP contribution in [0.25, 0.3) is 0 Å². The van der Waals surface area contributed by atoms with Gasteiger partial charge < -0.3 is 19.9 Å². The van der Waals surface area contributed by atoms with E-state index in [0.717, 1.165) is 12.5 Å². The first kappa shape index (κ1) is 19.5. The molecule has 0 radical (unpaired) electrons. The molecule has 8 nitrogen and oxygen atoms in total. The molecule has 1 heterocycles. The van der Waals surface area contributed by atoms with Crippen LogP contribution in [-0.4, -0.2) is 88.2 Å². The number of carbonyl (C=O) groups excluding carboxylic acids is 1. The Balaban J connectivity index is 2.50. The number of hydrogen-bond acceptors (Lipinski definition) is 5. The van der Waals surface area contributed by atoms with E-state index in [1.807, 2.05) is 6.92 Å². The van der Waals surface area contributed by atoms with Crippen LogP contribution in [-0.2, 0) is 14.6 Å². The van der Waals surface area contributed by atoms with Crippen molar-refractivity contribution in [2.45, 2.75) is 20.3 Å². The van der Waals surface area contributed by atoms with Crippen LogP contribution in [0, 0.1) is 0 Å². The van der Waals surface area contributed by atoms with Crippen molar-refractivity contribution in [3.63, 3.8) is 0 Å². The zero-order valence-electron chi connectivity index (χ0n) is 14.2. The van der Waals surface area contributed by atoms with Gasteiger partial charge in [-0.25, -0.2) is 13.2 Å². The van der Waals surface area contributed by atoms with E-state index < -0.39 is 9.84 Å². The van der Waals surface area contributed by atoms with Gasteiger partial charge in [-0.05, 0) is 20.3 Å². The molecule has 1 fully saturated rings. The Hall–Kier alpha value is -1.51. The molecule has 0 aromatic heterocycles. The van der Waals surface area contributed by atoms with E-state index in [1.165, 1.54) is 6.26 Å². The summed E-state index contributed by atoms with van der Waals surface area (Å²) in [5.41, 5.74) is 0. The van der Waals surface area contributed by atoms with Gasteiger partial charge in [-0.15, -0.1) is 0 Å². The molecule has 1 N–H and O–H groups in total. The third kappa shape index (κ3) is 7.54. The summed E-state index contributed by atoms with van der Waals surface area (Å²) in [5, 5.41) is 3.21. The van der Waals surface area contributed by atoms with Gasteiger partial charge in [0.2, 0.25) is 0 Å². The maximum absolute atomic E-state index is 11.7. The number of piperazine rings is 1. The average molecular weight is 348 g/mol. The normalized spacial score (nSPS) is 16.4. The Bertz CT molecular complexity index is 499. The third-order valence-corrected chi connectivity index (χ3v) is 4.41. The standard InChI is InChI=1S/C14H28N4O4S/c1-4-15-13(16-7-6-12-23(3,20)21)17-8-10-18(11-9-17)14(19)22-5-2/h4-12H2,1-3H3,(H,15,16). The van der Waals surface area contributed by atoms with Gasteiger partial charge in [0, 0.05) is 45.5 Å². The molecule has 1 aliphatic heterocycles. The van der Waals surface area contributed by atoms with E-state index >= 15 is 0 Å². The molecule has 0 aromatic carbocycles. The van der Waals surface area contributed by atoms with Crippen molar-refractivity contribution >= 4 is 21.9 Å². The largest absolute Gasteiger partial charge is 0.450 e. The fraction of sp³-hybridized carbons (Fsp3) is 0.857. The second-order valence-corrected chi connectivity index (χ2v) is 7.65. The molecule has 23 heavy (non-hydrogen) atoms. The molecule has 0 bridgehead atoms. The summed E-state index contributed by atoms with van der Waals surface area (Å²) in [6, 6.07) is 0. The minimum Gasteiger partial charge on any atom is -0.450 e. The number of guanidine groups is 1. The number of nitrogens with zero attached hydrogens (tertiary/aromatic N) is 3. The zero-order valence-corrected chi connectivity index (χ0v) is 15.1. The summed E-state index contributed by atoms with van der Waals surface area (Å²) in [6.45, 7) is 7.90. The second-order valence-electron chi connectivity index (χ2n) is 5.39. The van der Waals surface area contributed by atoms with Crippen LogP contribution in [0.5, 0.6) is 0 Å². The van der Waals surface area contributed by atoms with Gasteiger partial charge >= 0.3 is 6.09 Å². The smallest absolute Gasteiger partial charge is 0.409 e. The molecule has 0 saturated carbocycles. The zero-order chi connectivity index (χ0) is 17.3. The first-order chi connectivity index (χ1) is 10.9. The van der Waals surface area contributed by atoms with Crippen LogP contribution in [0.2, 0.25) is 0 Å². The van der Waals surface area contributed by atoms with Gasteiger partial charge in [0.15, 0.2) is 5.96 Å². The maximum atomic E-state index is 11.7. The number of sulfone groups is 1. The SMILES string of the molecule is CCNC(=NCCCS(C)(=O)=O)N1CCN(C(=O)OCC)CC1. The number of amides is 1. The highest BCUT2D eigenvalue weighted by molar-refractivity contribution is 7.90. The lowest BCUT2D eigenvalue weighted by Gasteiger charge is -2.35. The fourth-order valence-corrected chi connectivity index (χ4v) is 2.91. The predicted molar refractivity (Wildman–Crippen MR) is 90.5 cm³/mol. The molecule has 0 aliphatic carbocycles. The predicted octanol–water partition coefficient (Wildman–Crippen LogP) is 0.161. The van der Waals surface area contributed by atoms with Gasteiger partial charge in [0.25, 0.3) is 0 Å². The number of carbonyl (C=O) groups is 1. The van der Waals surface area contributed by atoms with E-state index in [-0.39, 0.29) is 11.8 Å². The Morgan fingerprint density at radius 1 is 1.17 bits per heavy atom. The molecule has 0 aromatic rings. The van der Waals surface area contributed by atoms with Crippen molar-refractivity contribution in [1.29, 1.82) is 0 Å². The molecule has 0 unspecified atom stereocenters. The molecule has 0 spiro atoms. The summed E-state index contributed by atoms with van der Waals surface area (Å²) < 4.78 is 27.3. The van der Waals surface area contributed by atoms with Crippen molar-refractivity contribution in [1.82, 2.24) is 15.1 Å². The number of hydrogen-bond donors (Lipinski definition) is 1. The maximum Gasteiger partial charge on any atom is 0.409 e. The first-order valence-corrected chi connectivity index (χ1v) is 10.1. The lowest BCUT2D eigenvalue weighted by atomic mass is 10.3. The van der Waals surface area contributed by atoms with E-state index in [4.69, 9.17) is 4.74 Å². The molecular weight excluding hydrogens is 320 g/mol. The highest BCUT2D eigenvalue weighted by Crippen LogP contribution is 2.05. The van der Waals surface area contributed by atoms with Crippen molar-refractivity contribution in [2.24, 2.45) is 4.99 Å². The van der Waals surface area contributed by atoms with Gasteiger partial charge in [0.05, 0.1) is 12.4 Å². The van der Waals surface area contributed by atoms with Crippen LogP contribution in [0.3, 0.4) is 0 Å². The molecular formula is C14H28N4O4S. The lowest BCUT2D eigenvalue weighted by molar-refractivity contribution is 0.0914. The highest BCUT2D eigenvalue weighted by Gasteiger charge is 2.23. The Labute approximate surface area is 138 Å². The minimum absolute atomic E-state index is 0.145. The lowest BCUT2D eigenvalue weighted by Crippen LogP contribution is -2.53. The molecule has 0 atom stereocenters. The summed E-state index contributed by atoms with van der Waals surface area (Å²) in [6.07, 6.45) is 1.47. The summed E-state index contributed by atoms with van der Waals surface area (Å²) in [5.74, 6) is 0.913. The van der Waals surface area contributed by atoms with Crippen molar-refractivity contribution < 1.29 is 17.9 Å². The molecule has 1 saturated heterocycles. The van der Waals surface area contributed by atoms with Gasteiger partial charge in [0.1, 0.15) is 9.84 Å². The van der Waals surface area contributed by atoms with Gasteiger partial charge in [-0.3, -0.25) is 4.99 Å². The number of ether oxygens (including phenoxy) is 1. The van der Waals surface area contributed by atoms with E-state index in [0.29, 0.717) is 45.8 Å². The van der Waals surface area contributed by atoms with Gasteiger partial charge in [-0.2, -0.15) is 0 Å². The van der Waals surface area contributed by atoms with E-state index in [9.17, 15) is 13.2 Å². The number of aliphatic imine (C=N–C) groups is 1. The second kappa shape index (κ2) is 9.59. The molecule has 1 aliphatic rings. The third-order valence-electron chi connectivity index (χ3n) is 3.37. The first-order valence-electron chi connectivity index (χ1n) is 8.00. The van der Waals surface area contributed by atoms with Crippen molar-refractivity contribution in [2.75, 3.05) is 57.9 Å². The number of nitrogens with one attached hydrogen (secondary N) is 1. The fourth-order valence-electron chi connectivity index (χ4n) is 2.25. The number of rotatable bonds is 6.